The van der Waals surface area contributed by atoms with E-state index >= 15 is 0 Å². The predicted molar refractivity (Wildman–Crippen MR) is 114 cm³/mol. The topological polar surface area (TPSA) is 93.8 Å². The highest BCUT2D eigenvalue weighted by Crippen LogP contribution is 2.39. The molecule has 5 rings (SSSR count). The van der Waals surface area contributed by atoms with Gasteiger partial charge in [-0.15, -0.1) is 0 Å². The molecule has 2 fully saturated rings. The van der Waals surface area contributed by atoms with Gasteiger partial charge in [-0.25, -0.2) is 4.98 Å². The van der Waals surface area contributed by atoms with E-state index in [2.05, 4.69) is 26.0 Å². The number of aryl methyl sites for hydroxylation is 1. The number of nitrogens with one attached hydrogen (secondary N) is 1. The maximum absolute atomic E-state index is 12.7. The second kappa shape index (κ2) is 7.33. The van der Waals surface area contributed by atoms with Crippen molar-refractivity contribution in [2.75, 3.05) is 31.1 Å². The van der Waals surface area contributed by atoms with Crippen molar-refractivity contribution in [3.8, 4) is 17.3 Å². The lowest BCUT2D eigenvalue weighted by Crippen LogP contribution is -2.52. The number of carbonyl (C=O) groups is 1. The van der Waals surface area contributed by atoms with Gasteiger partial charge >= 0.3 is 0 Å². The van der Waals surface area contributed by atoms with Gasteiger partial charge in [0, 0.05) is 63.0 Å². The number of nitrogens with zero attached hydrogens (tertiary/aromatic N) is 6. The highest BCUT2D eigenvalue weighted by Gasteiger charge is 2.37. The van der Waals surface area contributed by atoms with E-state index in [1.807, 2.05) is 24.2 Å². The zero-order valence-corrected chi connectivity index (χ0v) is 17.4. The van der Waals surface area contributed by atoms with Crippen molar-refractivity contribution < 1.29 is 4.79 Å². The number of H-pyrrole nitrogens is 1. The van der Waals surface area contributed by atoms with Gasteiger partial charge in [0.2, 0.25) is 5.91 Å². The molecule has 9 heteroatoms. The third-order valence-corrected chi connectivity index (χ3v) is 6.58. The van der Waals surface area contributed by atoms with Gasteiger partial charge < -0.3 is 14.8 Å². The summed E-state index contributed by atoms with van der Waals surface area (Å²) in [5.41, 5.74) is 3.49. The number of aromatic amines is 1. The molecule has 154 valence electrons. The van der Waals surface area contributed by atoms with Crippen LogP contribution in [0.5, 0.6) is 0 Å². The van der Waals surface area contributed by atoms with Crippen molar-refractivity contribution in [2.24, 2.45) is 18.9 Å². The third-order valence-electron chi connectivity index (χ3n) is 6.21. The number of halogens is 1. The Balaban J connectivity index is 1.35. The summed E-state index contributed by atoms with van der Waals surface area (Å²) < 4.78 is 1.74. The van der Waals surface area contributed by atoms with Crippen LogP contribution < -0.4 is 4.90 Å². The maximum atomic E-state index is 12.7. The van der Waals surface area contributed by atoms with Gasteiger partial charge in [0.1, 0.15) is 5.65 Å². The zero-order valence-electron chi connectivity index (χ0n) is 16.7. The van der Waals surface area contributed by atoms with Crippen LogP contribution in [0.2, 0.25) is 5.02 Å². The molecule has 1 aliphatic heterocycles. The molecule has 4 heterocycles. The molecule has 0 bridgehead atoms. The molecule has 1 aliphatic carbocycles. The van der Waals surface area contributed by atoms with E-state index < -0.39 is 0 Å². The minimum Gasteiger partial charge on any atom is -0.367 e. The van der Waals surface area contributed by atoms with E-state index in [1.165, 1.54) is 0 Å². The lowest BCUT2D eigenvalue weighted by Gasteiger charge is -2.40. The van der Waals surface area contributed by atoms with Crippen LogP contribution in [0, 0.1) is 23.2 Å². The summed E-state index contributed by atoms with van der Waals surface area (Å²) in [5, 5.41) is 14.7. The number of anilines is 1. The van der Waals surface area contributed by atoms with E-state index in [1.54, 1.807) is 17.1 Å². The number of hydrogen-bond acceptors (Lipinski definition) is 5. The average molecular weight is 424 g/mol. The van der Waals surface area contributed by atoms with E-state index in [9.17, 15) is 4.79 Å². The lowest BCUT2D eigenvalue weighted by atomic mass is 9.75. The number of piperazine rings is 1. The molecule has 30 heavy (non-hydrogen) atoms. The molecular weight excluding hydrogens is 402 g/mol. The van der Waals surface area contributed by atoms with Crippen molar-refractivity contribution in [2.45, 2.75) is 12.8 Å². The van der Waals surface area contributed by atoms with Crippen molar-refractivity contribution >= 4 is 34.2 Å². The third kappa shape index (κ3) is 3.10. The Hall–Kier alpha value is -3.05. The van der Waals surface area contributed by atoms with Crippen molar-refractivity contribution in [1.82, 2.24) is 24.6 Å². The molecule has 2 aliphatic rings. The first-order chi connectivity index (χ1) is 14.5. The molecular formula is C21H22ClN7O. The molecule has 1 amide bonds. The summed E-state index contributed by atoms with van der Waals surface area (Å²) in [6, 6.07) is 4.23. The normalized spacial score (nSPS) is 21.5. The van der Waals surface area contributed by atoms with Crippen LogP contribution >= 0.6 is 11.6 Å². The Morgan fingerprint density at radius 2 is 2.07 bits per heavy atom. The first kappa shape index (κ1) is 18.9. The molecule has 1 saturated carbocycles. The van der Waals surface area contributed by atoms with Crippen LogP contribution in [0.4, 0.5) is 5.69 Å². The SMILES string of the molecule is Cn1cc(-c2[nH]c3nccc(N4CCN(C(=O)[C@H]5C[C@H](C#N)C5)CC4)c3c2Cl)cn1. The maximum Gasteiger partial charge on any atom is 0.225 e. The molecule has 3 aromatic rings. The molecule has 1 N–H and O–H groups in total. The minimum absolute atomic E-state index is 0.0231. The van der Waals surface area contributed by atoms with Crippen molar-refractivity contribution in [3.63, 3.8) is 0 Å². The van der Waals surface area contributed by atoms with Gasteiger partial charge in [0.05, 0.1) is 34.1 Å². The number of carbonyl (C=O) groups excluding carboxylic acids is 1. The standard InChI is InChI=1S/C21H22ClN7O/c1-27-12-15(11-25-27)19-18(22)17-16(2-3-24-20(17)26-19)28-4-6-29(7-5-28)21(30)14-8-13(9-14)10-23/h2-3,11-14H,4-9H2,1H3,(H,24,26)/t13-,14-. The number of aromatic nitrogens is 4. The van der Waals surface area contributed by atoms with Crippen molar-refractivity contribution in [1.29, 1.82) is 5.26 Å². The summed E-state index contributed by atoms with van der Waals surface area (Å²) in [6.07, 6.45) is 6.88. The van der Waals surface area contributed by atoms with Crippen LogP contribution in [0.1, 0.15) is 12.8 Å². The number of amides is 1. The predicted octanol–water partition coefficient (Wildman–Crippen LogP) is 2.82. The van der Waals surface area contributed by atoms with E-state index in [0.717, 1.165) is 41.1 Å². The smallest absolute Gasteiger partial charge is 0.225 e. The first-order valence-electron chi connectivity index (χ1n) is 10.1. The number of nitriles is 1. The Kier molecular flexibility index (Phi) is 4.63. The lowest BCUT2D eigenvalue weighted by molar-refractivity contribution is -0.139. The molecule has 0 spiro atoms. The Bertz CT molecular complexity index is 1150. The number of rotatable bonds is 3. The van der Waals surface area contributed by atoms with E-state index in [-0.39, 0.29) is 17.7 Å². The molecule has 0 atom stereocenters. The molecule has 8 nitrogen and oxygen atoms in total. The number of fused-ring (bicyclic) bond motifs is 1. The first-order valence-corrected chi connectivity index (χ1v) is 10.5. The quantitative estimate of drug-likeness (QED) is 0.699. The van der Waals surface area contributed by atoms with Gasteiger partial charge in [-0.05, 0) is 18.9 Å². The fourth-order valence-corrected chi connectivity index (χ4v) is 4.77. The summed E-state index contributed by atoms with van der Waals surface area (Å²) in [7, 11) is 1.87. The zero-order chi connectivity index (χ0) is 20.8. The van der Waals surface area contributed by atoms with Crippen LogP contribution in [0.25, 0.3) is 22.3 Å². The average Bonchev–Trinajstić information content (AvgIpc) is 3.30. The largest absolute Gasteiger partial charge is 0.367 e. The van der Waals surface area contributed by atoms with E-state index in [4.69, 9.17) is 16.9 Å². The second-order valence-corrected chi connectivity index (χ2v) is 8.45. The van der Waals surface area contributed by atoms with Gasteiger partial charge in [-0.3, -0.25) is 9.48 Å². The summed E-state index contributed by atoms with van der Waals surface area (Å²) >= 11 is 6.77. The Morgan fingerprint density at radius 1 is 1.30 bits per heavy atom. The number of hydrogen-bond donors (Lipinski definition) is 1. The molecule has 0 aromatic carbocycles. The van der Waals surface area contributed by atoms with E-state index in [0.29, 0.717) is 31.0 Å². The minimum atomic E-state index is 0.0231. The molecule has 0 radical (unpaired) electrons. The summed E-state index contributed by atoms with van der Waals surface area (Å²) in [4.78, 5) is 24.7. The number of pyridine rings is 1. The molecule has 1 saturated heterocycles. The highest BCUT2D eigenvalue weighted by molar-refractivity contribution is 6.39. The van der Waals surface area contributed by atoms with Crippen molar-refractivity contribution in [3.05, 3.63) is 29.7 Å². The molecule has 3 aromatic heterocycles. The monoisotopic (exact) mass is 423 g/mol. The Labute approximate surface area is 179 Å². The van der Waals surface area contributed by atoms with Crippen LogP contribution in [-0.2, 0) is 11.8 Å². The summed E-state index contributed by atoms with van der Waals surface area (Å²) in [6.45, 7) is 2.83. The highest BCUT2D eigenvalue weighted by atomic mass is 35.5. The van der Waals surface area contributed by atoms with Gasteiger partial charge in [-0.1, -0.05) is 11.6 Å². The molecule has 0 unspecified atom stereocenters. The fraction of sp³-hybridized carbons (Fsp3) is 0.429. The second-order valence-electron chi connectivity index (χ2n) is 8.08. The van der Waals surface area contributed by atoms with Gasteiger partial charge in [0.15, 0.2) is 0 Å². The van der Waals surface area contributed by atoms with Crippen LogP contribution in [-0.4, -0.2) is 56.7 Å². The van der Waals surface area contributed by atoms with Gasteiger partial charge in [0.25, 0.3) is 0 Å². The summed E-state index contributed by atoms with van der Waals surface area (Å²) in [5.74, 6) is 0.268. The van der Waals surface area contributed by atoms with Crippen LogP contribution in [0.15, 0.2) is 24.7 Å². The fourth-order valence-electron chi connectivity index (χ4n) is 4.42. The van der Waals surface area contributed by atoms with Crippen LogP contribution in [0.3, 0.4) is 0 Å². The Morgan fingerprint density at radius 3 is 2.73 bits per heavy atom. The van der Waals surface area contributed by atoms with Gasteiger partial charge in [-0.2, -0.15) is 10.4 Å².